The van der Waals surface area contributed by atoms with Gasteiger partial charge in [-0.15, -0.1) is 6.58 Å². The van der Waals surface area contributed by atoms with Gasteiger partial charge in [-0.05, 0) is 24.7 Å². The molecule has 0 spiro atoms. The van der Waals surface area contributed by atoms with Gasteiger partial charge < -0.3 is 10.5 Å². The highest BCUT2D eigenvalue weighted by Crippen LogP contribution is 2.63. The van der Waals surface area contributed by atoms with Crippen LogP contribution in [0.5, 0.6) is 0 Å². The standard InChI is InChI=1S/C22H21N5O2S/c1-3-5-6-9-12-25-27-20(30)26(13-4-2)22-16-11-8-7-10-15(16)18(28)21(22,27)17(14-23)19(24)29-22/h4,6-12H,2-3,5,13,24H2,1H3/b9-6+,25-12+/t21-,22-/m1/s1. The summed E-state index contributed by atoms with van der Waals surface area (Å²) < 4.78 is 6.17. The molecule has 2 N–H and O–H groups in total. The molecule has 1 aliphatic carbocycles. The minimum atomic E-state index is -1.62. The van der Waals surface area contributed by atoms with Crippen LogP contribution in [0.4, 0.5) is 0 Å². The average molecular weight is 420 g/mol. The average Bonchev–Trinajstić information content (AvgIpc) is 3.21. The molecule has 8 heteroatoms. The van der Waals surface area contributed by atoms with Gasteiger partial charge in [0.25, 0.3) is 5.72 Å². The first-order valence-corrected chi connectivity index (χ1v) is 10.1. The third-order valence-electron chi connectivity index (χ3n) is 5.61. The number of nitrogens with zero attached hydrogens (tertiary/aromatic N) is 4. The zero-order chi connectivity index (χ0) is 21.5. The maximum atomic E-state index is 13.9. The van der Waals surface area contributed by atoms with Crippen molar-refractivity contribution >= 4 is 29.3 Å². The fourth-order valence-corrected chi connectivity index (χ4v) is 4.88. The third-order valence-corrected chi connectivity index (χ3v) is 6.01. The van der Waals surface area contributed by atoms with E-state index in [0.717, 1.165) is 12.8 Å². The van der Waals surface area contributed by atoms with E-state index in [1.165, 1.54) is 5.01 Å². The van der Waals surface area contributed by atoms with Crippen molar-refractivity contribution < 1.29 is 9.53 Å². The first-order chi connectivity index (χ1) is 14.5. The molecule has 30 heavy (non-hydrogen) atoms. The lowest BCUT2D eigenvalue weighted by Gasteiger charge is -2.37. The molecule has 0 saturated carbocycles. The summed E-state index contributed by atoms with van der Waals surface area (Å²) in [5, 5.41) is 16.2. The molecule has 4 rings (SSSR count). The predicted molar refractivity (Wildman–Crippen MR) is 117 cm³/mol. The molecule has 0 radical (unpaired) electrons. The second-order valence-corrected chi connectivity index (χ2v) is 7.52. The molecule has 3 aliphatic rings. The van der Waals surface area contributed by atoms with E-state index < -0.39 is 11.3 Å². The number of hydrogen-bond acceptors (Lipinski definition) is 6. The van der Waals surface area contributed by atoms with Crippen molar-refractivity contribution in [3.63, 3.8) is 0 Å². The molecular formula is C22H21N5O2S. The zero-order valence-electron chi connectivity index (χ0n) is 16.5. The number of ether oxygens (including phenoxy) is 1. The summed E-state index contributed by atoms with van der Waals surface area (Å²) in [5.41, 5.74) is 4.17. The van der Waals surface area contributed by atoms with Crippen molar-refractivity contribution in [1.82, 2.24) is 9.91 Å². The molecule has 2 atom stereocenters. The summed E-state index contributed by atoms with van der Waals surface area (Å²) in [6, 6.07) is 9.21. The van der Waals surface area contributed by atoms with Crippen LogP contribution in [-0.4, -0.2) is 39.1 Å². The Kier molecular flexibility index (Phi) is 4.71. The largest absolute Gasteiger partial charge is 0.444 e. The Labute approximate surface area is 180 Å². The van der Waals surface area contributed by atoms with Crippen LogP contribution in [0.2, 0.25) is 0 Å². The number of carbonyl (C=O) groups is 1. The Bertz CT molecular complexity index is 1090. The van der Waals surface area contributed by atoms with Gasteiger partial charge >= 0.3 is 0 Å². The number of hydrazone groups is 1. The van der Waals surface area contributed by atoms with Gasteiger partial charge in [0.05, 0.1) is 0 Å². The fraction of sp³-hybridized carbons (Fsp3) is 0.273. The number of unbranched alkanes of at least 4 members (excludes halogenated alkanes) is 1. The highest BCUT2D eigenvalue weighted by atomic mass is 32.1. The maximum Gasteiger partial charge on any atom is 0.252 e. The van der Waals surface area contributed by atoms with E-state index in [0.29, 0.717) is 11.1 Å². The predicted octanol–water partition coefficient (Wildman–Crippen LogP) is 2.93. The minimum absolute atomic E-state index is 0.00676. The molecule has 152 valence electrons. The Morgan fingerprint density at radius 3 is 2.90 bits per heavy atom. The lowest BCUT2D eigenvalue weighted by Crippen LogP contribution is -2.57. The number of carbonyl (C=O) groups excluding carboxylic acids is 1. The van der Waals surface area contributed by atoms with E-state index >= 15 is 0 Å². The fourth-order valence-electron chi connectivity index (χ4n) is 4.49. The second-order valence-electron chi connectivity index (χ2n) is 7.16. The SMILES string of the molecule is C=CCN1C(=S)N(/N=C/C=C/CCC)[C@]23C(=O)c4ccccc4[C@]12OC(N)=C3C#N. The van der Waals surface area contributed by atoms with Crippen molar-refractivity contribution in [3.05, 3.63) is 71.7 Å². The molecule has 1 aromatic rings. The Balaban J connectivity index is 1.99. The van der Waals surface area contributed by atoms with Crippen LogP contribution in [0.3, 0.4) is 0 Å². The van der Waals surface area contributed by atoms with Crippen LogP contribution < -0.4 is 5.73 Å². The first-order valence-electron chi connectivity index (χ1n) is 9.67. The van der Waals surface area contributed by atoms with Gasteiger partial charge in [0.15, 0.2) is 5.11 Å². The second kappa shape index (κ2) is 7.11. The molecule has 1 saturated heterocycles. The molecule has 0 amide bonds. The molecule has 0 bridgehead atoms. The molecule has 1 aromatic carbocycles. The number of hydrogen-bond donors (Lipinski definition) is 1. The first kappa shape index (κ1) is 19.9. The Hall–Kier alpha value is -3.44. The number of nitriles is 1. The molecule has 0 aromatic heterocycles. The molecule has 2 aliphatic heterocycles. The van der Waals surface area contributed by atoms with Gasteiger partial charge in [-0.3, -0.25) is 9.69 Å². The van der Waals surface area contributed by atoms with E-state index in [1.54, 1.807) is 41.5 Å². The number of Topliss-reactive ketones (excluding diaryl/α,β-unsaturated/α-hetero) is 1. The van der Waals surface area contributed by atoms with E-state index in [2.05, 4.69) is 24.7 Å². The summed E-state index contributed by atoms with van der Waals surface area (Å²) in [4.78, 5) is 15.6. The number of thiocarbonyl (C=S) groups is 1. The summed E-state index contributed by atoms with van der Waals surface area (Å²) in [6.07, 6.45) is 8.90. The van der Waals surface area contributed by atoms with Gasteiger partial charge in [-0.1, -0.05) is 49.8 Å². The normalized spacial score (nSPS) is 26.9. The van der Waals surface area contributed by atoms with Gasteiger partial charge in [0.2, 0.25) is 17.2 Å². The van der Waals surface area contributed by atoms with Crippen molar-refractivity contribution in [1.29, 1.82) is 5.26 Å². The number of ketones is 1. The third kappa shape index (κ3) is 2.15. The van der Waals surface area contributed by atoms with Crippen LogP contribution >= 0.6 is 12.2 Å². The highest BCUT2D eigenvalue weighted by Gasteiger charge is 2.82. The number of fused-ring (bicyclic) bond motifs is 1. The Morgan fingerprint density at radius 1 is 1.43 bits per heavy atom. The maximum absolute atomic E-state index is 13.9. The van der Waals surface area contributed by atoms with Crippen LogP contribution in [-0.2, 0) is 10.5 Å². The van der Waals surface area contributed by atoms with E-state index in [-0.39, 0.29) is 28.9 Å². The Morgan fingerprint density at radius 2 is 2.20 bits per heavy atom. The van der Waals surface area contributed by atoms with E-state index in [9.17, 15) is 10.1 Å². The quantitative estimate of drug-likeness (QED) is 0.430. The zero-order valence-corrected chi connectivity index (χ0v) is 17.4. The van der Waals surface area contributed by atoms with Crippen molar-refractivity contribution in [3.8, 4) is 6.07 Å². The van der Waals surface area contributed by atoms with E-state index in [4.69, 9.17) is 22.7 Å². The van der Waals surface area contributed by atoms with Gasteiger partial charge in [-0.25, -0.2) is 5.01 Å². The molecular weight excluding hydrogens is 398 g/mol. The highest BCUT2D eigenvalue weighted by molar-refractivity contribution is 7.80. The molecule has 2 heterocycles. The molecule has 7 nitrogen and oxygen atoms in total. The topological polar surface area (TPSA) is 94.9 Å². The number of nitrogens with two attached hydrogens (primary N) is 1. The summed E-state index contributed by atoms with van der Waals surface area (Å²) in [7, 11) is 0. The number of rotatable bonds is 6. The summed E-state index contributed by atoms with van der Waals surface area (Å²) in [5.74, 6) is -0.419. The number of allylic oxidation sites excluding steroid dienone is 2. The van der Waals surface area contributed by atoms with Gasteiger partial charge in [0.1, 0.15) is 11.6 Å². The van der Waals surface area contributed by atoms with Crippen LogP contribution in [0.1, 0.15) is 35.7 Å². The summed E-state index contributed by atoms with van der Waals surface area (Å²) >= 11 is 5.71. The lowest BCUT2D eigenvalue weighted by atomic mass is 9.81. The van der Waals surface area contributed by atoms with Crippen molar-refractivity contribution in [2.45, 2.75) is 31.0 Å². The minimum Gasteiger partial charge on any atom is -0.444 e. The molecule has 1 fully saturated rings. The van der Waals surface area contributed by atoms with Crippen LogP contribution in [0.15, 0.2) is 65.6 Å². The van der Waals surface area contributed by atoms with Crippen LogP contribution in [0.25, 0.3) is 0 Å². The van der Waals surface area contributed by atoms with E-state index in [1.807, 2.05) is 12.1 Å². The summed E-state index contributed by atoms with van der Waals surface area (Å²) in [6.45, 7) is 6.18. The van der Waals surface area contributed by atoms with Crippen molar-refractivity contribution in [2.24, 2.45) is 10.8 Å². The molecule has 0 unspecified atom stereocenters. The van der Waals surface area contributed by atoms with Crippen molar-refractivity contribution in [2.75, 3.05) is 6.54 Å². The lowest BCUT2D eigenvalue weighted by molar-refractivity contribution is -0.0959. The van der Waals surface area contributed by atoms with Gasteiger partial charge in [-0.2, -0.15) is 10.4 Å². The van der Waals surface area contributed by atoms with Gasteiger partial charge in [0, 0.05) is 23.9 Å². The smallest absolute Gasteiger partial charge is 0.252 e. The number of benzene rings is 1. The van der Waals surface area contributed by atoms with Crippen LogP contribution in [0, 0.1) is 11.3 Å². The monoisotopic (exact) mass is 419 g/mol.